The Labute approximate surface area is 190 Å². The minimum Gasteiger partial charge on any atom is -0.350 e. The number of rotatable bonds is 4. The van der Waals surface area contributed by atoms with Crippen LogP contribution in [0.25, 0.3) is 0 Å². The maximum absolute atomic E-state index is 13.0. The van der Waals surface area contributed by atoms with Crippen LogP contribution in [-0.2, 0) is 9.59 Å². The van der Waals surface area contributed by atoms with Gasteiger partial charge in [-0.05, 0) is 49.1 Å². The molecule has 1 fully saturated rings. The first-order valence-electron chi connectivity index (χ1n) is 10.1. The van der Waals surface area contributed by atoms with Gasteiger partial charge in [0.25, 0.3) is 17.7 Å². The van der Waals surface area contributed by atoms with Crippen LogP contribution in [0, 0.1) is 5.92 Å². The summed E-state index contributed by atoms with van der Waals surface area (Å²) in [6, 6.07) is 13.4. The first kappa shape index (κ1) is 21.4. The molecule has 0 aromatic heterocycles. The molecule has 0 bridgehead atoms. The molecule has 160 valence electrons. The van der Waals surface area contributed by atoms with E-state index in [0.717, 1.165) is 30.8 Å². The number of nitrogens with one attached hydrogen (secondary N) is 1. The highest BCUT2D eigenvalue weighted by Gasteiger charge is 2.39. The van der Waals surface area contributed by atoms with Crippen molar-refractivity contribution < 1.29 is 14.4 Å². The van der Waals surface area contributed by atoms with E-state index in [1.165, 1.54) is 0 Å². The molecule has 2 aliphatic heterocycles. The van der Waals surface area contributed by atoms with Crippen molar-refractivity contribution in [1.29, 1.82) is 0 Å². The topological polar surface area (TPSA) is 69.7 Å². The van der Waals surface area contributed by atoms with Crippen LogP contribution in [0.3, 0.4) is 0 Å². The number of carbonyl (C=O) groups is 3. The lowest BCUT2D eigenvalue weighted by Crippen LogP contribution is -2.39. The molecule has 6 nitrogen and oxygen atoms in total. The number of nitrogens with zero attached hydrogens (tertiary/aromatic N) is 2. The number of anilines is 2. The summed E-state index contributed by atoms with van der Waals surface area (Å²) in [6.07, 6.45) is 2.11. The predicted molar refractivity (Wildman–Crippen MR) is 121 cm³/mol. The van der Waals surface area contributed by atoms with E-state index < -0.39 is 11.8 Å². The second-order valence-electron chi connectivity index (χ2n) is 7.79. The quantitative estimate of drug-likeness (QED) is 0.678. The number of hydrogen-bond acceptors (Lipinski definition) is 4. The first-order valence-corrected chi connectivity index (χ1v) is 10.8. The molecule has 0 radical (unpaired) electrons. The van der Waals surface area contributed by atoms with Gasteiger partial charge in [-0.1, -0.05) is 48.3 Å². The van der Waals surface area contributed by atoms with Gasteiger partial charge in [0.15, 0.2) is 0 Å². The summed E-state index contributed by atoms with van der Waals surface area (Å²) in [5.41, 5.74) is 1.21. The van der Waals surface area contributed by atoms with Crippen molar-refractivity contribution in [3.63, 3.8) is 0 Å². The van der Waals surface area contributed by atoms with Crippen LogP contribution in [0.1, 0.15) is 30.1 Å². The fraction of sp³-hybridized carbons (Fsp3) is 0.261. The molecular weight excluding hydrogens is 437 g/mol. The average Bonchev–Trinajstić information content (AvgIpc) is 2.97. The van der Waals surface area contributed by atoms with Crippen molar-refractivity contribution in [2.45, 2.75) is 19.8 Å². The third-order valence-corrected chi connectivity index (χ3v) is 6.11. The number of amides is 3. The van der Waals surface area contributed by atoms with Gasteiger partial charge < -0.3 is 10.2 Å². The Balaban J connectivity index is 1.56. The molecule has 0 saturated carbocycles. The van der Waals surface area contributed by atoms with Gasteiger partial charge in [0, 0.05) is 24.3 Å². The molecule has 8 heteroatoms. The Kier molecular flexibility index (Phi) is 6.03. The van der Waals surface area contributed by atoms with Gasteiger partial charge >= 0.3 is 0 Å². The second-order valence-corrected chi connectivity index (χ2v) is 8.58. The zero-order chi connectivity index (χ0) is 22.1. The number of carbonyl (C=O) groups excluding carboxylic acids is 3. The zero-order valence-corrected chi connectivity index (χ0v) is 18.4. The Hall–Kier alpha value is -2.83. The highest BCUT2D eigenvalue weighted by atomic mass is 35.5. The normalized spacial score (nSPS) is 19.3. The molecule has 2 heterocycles. The highest BCUT2D eigenvalue weighted by Crippen LogP contribution is 2.34. The standard InChI is InChI=1S/C23H21Cl2N3O3/c1-14-6-5-11-27(13-14)21(29)15-7-4-8-16(12-15)26-20-19(25)22(30)28(23(20)31)18-10-3-2-9-17(18)24/h2-4,7-10,12,14,26H,5-6,11,13H2,1H3. The van der Waals surface area contributed by atoms with Gasteiger partial charge in [-0.15, -0.1) is 0 Å². The molecular formula is C23H21Cl2N3O3. The Morgan fingerprint density at radius 1 is 1.06 bits per heavy atom. The van der Waals surface area contributed by atoms with Crippen LogP contribution in [0.4, 0.5) is 11.4 Å². The number of likely N-dealkylation sites (tertiary alicyclic amines) is 1. The molecule has 31 heavy (non-hydrogen) atoms. The number of piperidine rings is 1. The lowest BCUT2D eigenvalue weighted by molar-refractivity contribution is -0.120. The summed E-state index contributed by atoms with van der Waals surface area (Å²) >= 11 is 12.4. The number of halogens is 2. The van der Waals surface area contributed by atoms with Gasteiger partial charge in [-0.25, -0.2) is 4.90 Å². The monoisotopic (exact) mass is 457 g/mol. The van der Waals surface area contributed by atoms with Crippen LogP contribution < -0.4 is 10.2 Å². The van der Waals surface area contributed by atoms with Crippen LogP contribution in [-0.4, -0.2) is 35.7 Å². The van der Waals surface area contributed by atoms with E-state index in [4.69, 9.17) is 23.2 Å². The lowest BCUT2D eigenvalue weighted by atomic mass is 9.99. The molecule has 1 atom stereocenters. The fourth-order valence-electron chi connectivity index (χ4n) is 3.89. The summed E-state index contributed by atoms with van der Waals surface area (Å²) in [7, 11) is 0. The third-order valence-electron chi connectivity index (χ3n) is 5.44. The minimum atomic E-state index is -0.656. The second kappa shape index (κ2) is 8.73. The third kappa shape index (κ3) is 4.18. The zero-order valence-electron chi connectivity index (χ0n) is 16.9. The molecule has 0 spiro atoms. The summed E-state index contributed by atoms with van der Waals surface area (Å²) in [4.78, 5) is 41.3. The molecule has 2 aromatic rings. The number of hydrogen-bond donors (Lipinski definition) is 1. The largest absolute Gasteiger partial charge is 0.350 e. The van der Waals surface area contributed by atoms with Gasteiger partial charge in [0.1, 0.15) is 10.7 Å². The Morgan fingerprint density at radius 3 is 2.58 bits per heavy atom. The van der Waals surface area contributed by atoms with Crippen molar-refractivity contribution in [3.8, 4) is 0 Å². The van der Waals surface area contributed by atoms with Gasteiger partial charge in [0.05, 0.1) is 10.7 Å². The van der Waals surface area contributed by atoms with E-state index in [9.17, 15) is 14.4 Å². The van der Waals surface area contributed by atoms with Crippen molar-refractivity contribution >= 4 is 52.3 Å². The van der Waals surface area contributed by atoms with Crippen molar-refractivity contribution in [3.05, 3.63) is 69.8 Å². The maximum atomic E-state index is 13.0. The Morgan fingerprint density at radius 2 is 1.84 bits per heavy atom. The van der Waals surface area contributed by atoms with E-state index in [0.29, 0.717) is 17.2 Å². The van der Waals surface area contributed by atoms with Gasteiger partial charge in [-0.3, -0.25) is 14.4 Å². The molecule has 1 unspecified atom stereocenters. The van der Waals surface area contributed by atoms with E-state index in [1.54, 1.807) is 48.5 Å². The SMILES string of the molecule is CC1CCCN(C(=O)c2cccc(NC3=C(Cl)C(=O)N(c4ccccc4Cl)C3=O)c2)C1. The summed E-state index contributed by atoms with van der Waals surface area (Å²) in [5, 5.41) is 2.95. The highest BCUT2D eigenvalue weighted by molar-refractivity contribution is 6.53. The van der Waals surface area contributed by atoms with Gasteiger partial charge in [0.2, 0.25) is 0 Å². The minimum absolute atomic E-state index is 0.0530. The van der Waals surface area contributed by atoms with E-state index in [-0.39, 0.29) is 27.3 Å². The molecule has 1 N–H and O–H groups in total. The summed E-state index contributed by atoms with van der Waals surface area (Å²) < 4.78 is 0. The first-order chi connectivity index (χ1) is 14.9. The van der Waals surface area contributed by atoms with Crippen LogP contribution in [0.15, 0.2) is 59.3 Å². The van der Waals surface area contributed by atoms with Crippen LogP contribution >= 0.6 is 23.2 Å². The number of benzene rings is 2. The van der Waals surface area contributed by atoms with E-state index in [1.807, 2.05) is 4.90 Å². The molecule has 0 aliphatic carbocycles. The lowest BCUT2D eigenvalue weighted by Gasteiger charge is -2.31. The molecule has 4 rings (SSSR count). The molecule has 3 amide bonds. The predicted octanol–water partition coefficient (Wildman–Crippen LogP) is 4.65. The van der Waals surface area contributed by atoms with E-state index >= 15 is 0 Å². The molecule has 1 saturated heterocycles. The van der Waals surface area contributed by atoms with Gasteiger partial charge in [-0.2, -0.15) is 0 Å². The van der Waals surface area contributed by atoms with Crippen molar-refractivity contribution in [2.24, 2.45) is 5.92 Å². The smallest absolute Gasteiger partial charge is 0.283 e. The van der Waals surface area contributed by atoms with Crippen molar-refractivity contribution in [2.75, 3.05) is 23.3 Å². The number of imide groups is 1. The van der Waals surface area contributed by atoms with Crippen LogP contribution in [0.2, 0.25) is 5.02 Å². The average molecular weight is 458 g/mol. The Bertz CT molecular complexity index is 1100. The van der Waals surface area contributed by atoms with Crippen molar-refractivity contribution in [1.82, 2.24) is 4.90 Å². The summed E-state index contributed by atoms with van der Waals surface area (Å²) in [6.45, 7) is 3.60. The molecule has 2 aliphatic rings. The number of para-hydroxylation sites is 1. The molecule has 2 aromatic carbocycles. The summed E-state index contributed by atoms with van der Waals surface area (Å²) in [5.74, 6) is -0.843. The van der Waals surface area contributed by atoms with E-state index in [2.05, 4.69) is 12.2 Å². The fourth-order valence-corrected chi connectivity index (χ4v) is 4.33. The maximum Gasteiger partial charge on any atom is 0.283 e. The van der Waals surface area contributed by atoms with Crippen LogP contribution in [0.5, 0.6) is 0 Å².